The van der Waals surface area contributed by atoms with Crippen molar-refractivity contribution in [3.05, 3.63) is 35.4 Å². The van der Waals surface area contributed by atoms with Gasteiger partial charge in [-0.2, -0.15) is 5.26 Å². The van der Waals surface area contributed by atoms with Crippen LogP contribution in [0.25, 0.3) is 0 Å². The molecule has 0 saturated carbocycles. The Morgan fingerprint density at radius 3 is 2.40 bits per heavy atom. The number of piperidine rings is 1. The first-order valence-corrected chi connectivity index (χ1v) is 8.22. The molecule has 132 valence electrons. The quantitative estimate of drug-likeness (QED) is 0.839. The predicted octanol–water partition coefficient (Wildman–Crippen LogP) is 1.39. The van der Waals surface area contributed by atoms with Crippen LogP contribution in [0, 0.1) is 17.2 Å². The molecule has 2 N–H and O–H groups in total. The van der Waals surface area contributed by atoms with Crippen LogP contribution >= 0.6 is 0 Å². The summed E-state index contributed by atoms with van der Waals surface area (Å²) in [4.78, 5) is 37.0. The first-order chi connectivity index (χ1) is 11.9. The number of carbonyl (C=O) groups is 3. The van der Waals surface area contributed by atoms with Crippen molar-refractivity contribution in [3.8, 4) is 6.07 Å². The normalized spacial score (nSPS) is 15.9. The SMILES string of the molecule is C[C@H](NC(=O)c1ccc(C#N)cc1)C(=O)N1CCC(CC(=O)O)CC1. The summed E-state index contributed by atoms with van der Waals surface area (Å²) in [7, 11) is 0. The average molecular weight is 343 g/mol. The van der Waals surface area contributed by atoms with E-state index in [2.05, 4.69) is 5.32 Å². The van der Waals surface area contributed by atoms with E-state index in [0.29, 0.717) is 37.1 Å². The van der Waals surface area contributed by atoms with Crippen LogP contribution in [0.15, 0.2) is 24.3 Å². The van der Waals surface area contributed by atoms with Gasteiger partial charge in [0.2, 0.25) is 5.91 Å². The maximum absolute atomic E-state index is 12.4. The Hall–Kier alpha value is -2.88. The van der Waals surface area contributed by atoms with E-state index in [1.165, 1.54) is 0 Å². The minimum atomic E-state index is -0.812. The summed E-state index contributed by atoms with van der Waals surface area (Å²) in [6.07, 6.45) is 1.45. The van der Waals surface area contributed by atoms with Gasteiger partial charge in [0.15, 0.2) is 0 Å². The molecule has 0 unspecified atom stereocenters. The number of hydrogen-bond acceptors (Lipinski definition) is 4. The van der Waals surface area contributed by atoms with Gasteiger partial charge in [-0.15, -0.1) is 0 Å². The molecule has 1 saturated heterocycles. The minimum absolute atomic E-state index is 0.102. The molecule has 7 heteroatoms. The molecule has 0 bridgehead atoms. The zero-order chi connectivity index (χ0) is 18.4. The molecule has 1 aromatic carbocycles. The summed E-state index contributed by atoms with van der Waals surface area (Å²) in [5.41, 5.74) is 0.851. The number of rotatable bonds is 5. The molecule has 0 aromatic heterocycles. The number of likely N-dealkylation sites (tertiary alicyclic amines) is 1. The first kappa shape index (κ1) is 18.5. The fourth-order valence-corrected chi connectivity index (χ4v) is 2.92. The topological polar surface area (TPSA) is 111 Å². The van der Waals surface area contributed by atoms with Crippen molar-refractivity contribution in [2.75, 3.05) is 13.1 Å². The van der Waals surface area contributed by atoms with E-state index >= 15 is 0 Å². The van der Waals surface area contributed by atoms with Crippen LogP contribution in [0.4, 0.5) is 0 Å². The summed E-state index contributed by atoms with van der Waals surface area (Å²) < 4.78 is 0. The predicted molar refractivity (Wildman–Crippen MR) is 89.6 cm³/mol. The van der Waals surface area contributed by atoms with Gasteiger partial charge in [-0.1, -0.05) is 0 Å². The van der Waals surface area contributed by atoms with Crippen LogP contribution in [0.5, 0.6) is 0 Å². The number of nitrogens with zero attached hydrogens (tertiary/aromatic N) is 2. The molecule has 2 rings (SSSR count). The van der Waals surface area contributed by atoms with Crippen molar-refractivity contribution < 1.29 is 19.5 Å². The molecule has 2 amide bonds. The number of carboxylic acids is 1. The zero-order valence-electron chi connectivity index (χ0n) is 14.1. The lowest BCUT2D eigenvalue weighted by Crippen LogP contribution is -2.49. The third-order valence-electron chi connectivity index (χ3n) is 4.38. The second kappa shape index (κ2) is 8.29. The molecule has 1 heterocycles. The Morgan fingerprint density at radius 1 is 1.28 bits per heavy atom. The van der Waals surface area contributed by atoms with Gasteiger partial charge in [-0.05, 0) is 49.9 Å². The molecule has 1 aliphatic heterocycles. The second-order valence-electron chi connectivity index (χ2n) is 6.25. The van der Waals surface area contributed by atoms with E-state index in [-0.39, 0.29) is 24.2 Å². The summed E-state index contributed by atoms with van der Waals surface area (Å²) in [5.74, 6) is -1.25. The minimum Gasteiger partial charge on any atom is -0.481 e. The number of carbonyl (C=O) groups excluding carboxylic acids is 2. The van der Waals surface area contributed by atoms with Gasteiger partial charge in [0.05, 0.1) is 11.6 Å². The molecule has 7 nitrogen and oxygen atoms in total. The van der Waals surface area contributed by atoms with Crippen LogP contribution < -0.4 is 5.32 Å². The highest BCUT2D eigenvalue weighted by atomic mass is 16.4. The highest BCUT2D eigenvalue weighted by Crippen LogP contribution is 2.21. The van der Waals surface area contributed by atoms with Gasteiger partial charge >= 0.3 is 5.97 Å². The molecular weight excluding hydrogens is 322 g/mol. The standard InChI is InChI=1S/C18H21N3O4/c1-12(20-17(24)15-4-2-14(11-19)3-5-15)18(25)21-8-6-13(7-9-21)10-16(22)23/h2-5,12-13H,6-10H2,1H3,(H,20,24)(H,22,23)/t12-/m0/s1. The third-order valence-corrected chi connectivity index (χ3v) is 4.38. The van der Waals surface area contributed by atoms with Crippen LogP contribution in [0.2, 0.25) is 0 Å². The summed E-state index contributed by atoms with van der Waals surface area (Å²) in [5, 5.41) is 20.3. The van der Waals surface area contributed by atoms with Crippen molar-refractivity contribution >= 4 is 17.8 Å². The molecule has 1 atom stereocenters. The third kappa shape index (κ3) is 5.05. The Kier molecular flexibility index (Phi) is 6.12. The summed E-state index contributed by atoms with van der Waals surface area (Å²) in [6, 6.07) is 7.50. The number of carboxylic acid groups (broad SMARTS) is 1. The van der Waals surface area contributed by atoms with E-state index < -0.39 is 12.0 Å². The van der Waals surface area contributed by atoms with Crippen LogP contribution in [-0.2, 0) is 9.59 Å². The smallest absolute Gasteiger partial charge is 0.303 e. The summed E-state index contributed by atoms with van der Waals surface area (Å²) >= 11 is 0. The maximum atomic E-state index is 12.4. The van der Waals surface area contributed by atoms with E-state index in [1.54, 1.807) is 36.1 Å². The Labute approximate surface area is 146 Å². The van der Waals surface area contributed by atoms with Crippen LogP contribution in [0.3, 0.4) is 0 Å². The lowest BCUT2D eigenvalue weighted by atomic mass is 9.93. The van der Waals surface area contributed by atoms with Crippen molar-refractivity contribution in [1.29, 1.82) is 5.26 Å². The van der Waals surface area contributed by atoms with Crippen molar-refractivity contribution in [3.63, 3.8) is 0 Å². The molecule has 0 radical (unpaired) electrons. The number of aliphatic carboxylic acids is 1. The fourth-order valence-electron chi connectivity index (χ4n) is 2.92. The Balaban J connectivity index is 1.86. The number of hydrogen-bond donors (Lipinski definition) is 2. The van der Waals surface area contributed by atoms with Crippen LogP contribution in [-0.4, -0.2) is 46.9 Å². The van der Waals surface area contributed by atoms with E-state index in [1.807, 2.05) is 6.07 Å². The summed E-state index contributed by atoms with van der Waals surface area (Å²) in [6.45, 7) is 2.65. The molecule has 0 aliphatic carbocycles. The monoisotopic (exact) mass is 343 g/mol. The molecule has 0 spiro atoms. The first-order valence-electron chi connectivity index (χ1n) is 8.22. The van der Waals surface area contributed by atoms with Crippen molar-refractivity contribution in [1.82, 2.24) is 10.2 Å². The molecule has 25 heavy (non-hydrogen) atoms. The van der Waals surface area contributed by atoms with Crippen molar-refractivity contribution in [2.45, 2.75) is 32.2 Å². The van der Waals surface area contributed by atoms with E-state index in [4.69, 9.17) is 10.4 Å². The number of benzene rings is 1. The van der Waals surface area contributed by atoms with Crippen molar-refractivity contribution in [2.24, 2.45) is 5.92 Å². The van der Waals surface area contributed by atoms with Gasteiger partial charge < -0.3 is 15.3 Å². The fraction of sp³-hybridized carbons (Fsp3) is 0.444. The van der Waals surface area contributed by atoms with E-state index in [0.717, 1.165) is 0 Å². The average Bonchev–Trinajstić information content (AvgIpc) is 2.61. The maximum Gasteiger partial charge on any atom is 0.303 e. The Morgan fingerprint density at radius 2 is 1.88 bits per heavy atom. The highest BCUT2D eigenvalue weighted by Gasteiger charge is 2.27. The van der Waals surface area contributed by atoms with Gasteiger partial charge in [-0.25, -0.2) is 0 Å². The number of nitriles is 1. The largest absolute Gasteiger partial charge is 0.481 e. The van der Waals surface area contributed by atoms with E-state index in [9.17, 15) is 14.4 Å². The lowest BCUT2D eigenvalue weighted by Gasteiger charge is -2.33. The highest BCUT2D eigenvalue weighted by molar-refractivity contribution is 5.97. The number of amides is 2. The molecular formula is C18H21N3O4. The van der Waals surface area contributed by atoms with Gasteiger partial charge in [-0.3, -0.25) is 14.4 Å². The Bertz CT molecular complexity index is 685. The molecule has 1 aromatic rings. The zero-order valence-corrected chi connectivity index (χ0v) is 14.1. The second-order valence-corrected chi connectivity index (χ2v) is 6.25. The molecule has 1 fully saturated rings. The lowest BCUT2D eigenvalue weighted by molar-refractivity contribution is -0.139. The van der Waals surface area contributed by atoms with Gasteiger partial charge in [0, 0.05) is 25.1 Å². The molecule has 1 aliphatic rings. The van der Waals surface area contributed by atoms with Gasteiger partial charge in [0.25, 0.3) is 5.91 Å². The van der Waals surface area contributed by atoms with Crippen LogP contribution in [0.1, 0.15) is 42.1 Å². The number of nitrogens with one attached hydrogen (secondary N) is 1. The van der Waals surface area contributed by atoms with Gasteiger partial charge in [0.1, 0.15) is 6.04 Å².